The summed E-state index contributed by atoms with van der Waals surface area (Å²) in [5.41, 5.74) is 3.27. The third-order valence-corrected chi connectivity index (χ3v) is 7.30. The highest BCUT2D eigenvalue weighted by molar-refractivity contribution is 5.96. The highest BCUT2D eigenvalue weighted by Gasteiger charge is 2.28. The lowest BCUT2D eigenvalue weighted by molar-refractivity contribution is -0.132. The van der Waals surface area contributed by atoms with E-state index in [0.717, 1.165) is 42.9 Å². The SMILES string of the molecule is Cc1ccc(-c2ccc(N3CCCN(C(=O)CN(CC4CCCO4)C(=O)c4cccc(F)c4)CC3)nn2)cc1. The van der Waals surface area contributed by atoms with Crippen LogP contribution in [0.4, 0.5) is 10.2 Å². The van der Waals surface area contributed by atoms with Gasteiger partial charge in [0, 0.05) is 50.5 Å². The third kappa shape index (κ3) is 6.78. The van der Waals surface area contributed by atoms with E-state index in [0.29, 0.717) is 32.8 Å². The molecule has 1 unspecified atom stereocenters. The first kappa shape index (κ1) is 26.7. The van der Waals surface area contributed by atoms with Crippen molar-refractivity contribution in [2.45, 2.75) is 32.3 Å². The Bertz CT molecular complexity index is 1280. The summed E-state index contributed by atoms with van der Waals surface area (Å²) in [4.78, 5) is 32.1. The molecule has 0 saturated carbocycles. The second kappa shape index (κ2) is 12.3. The van der Waals surface area contributed by atoms with Crippen molar-refractivity contribution < 1.29 is 18.7 Å². The van der Waals surface area contributed by atoms with Gasteiger partial charge in [-0.25, -0.2) is 4.39 Å². The topological polar surface area (TPSA) is 78.9 Å². The lowest BCUT2D eigenvalue weighted by Crippen LogP contribution is -2.46. The standard InChI is InChI=1S/C30H34FN5O3/c1-22-8-10-23(11-9-22)27-12-13-28(33-32-27)34-14-4-15-35(17-16-34)29(37)21-36(20-26-7-3-18-39-26)30(38)24-5-2-6-25(31)19-24/h2,5-6,8-13,19,26H,3-4,7,14-18,20-21H2,1H3. The maximum atomic E-state index is 13.8. The van der Waals surface area contributed by atoms with Crippen LogP contribution in [0.5, 0.6) is 0 Å². The highest BCUT2D eigenvalue weighted by Crippen LogP contribution is 2.21. The van der Waals surface area contributed by atoms with E-state index >= 15 is 0 Å². The zero-order valence-electron chi connectivity index (χ0n) is 22.3. The normalized spacial score (nSPS) is 17.6. The van der Waals surface area contributed by atoms with Crippen LogP contribution in [0.15, 0.2) is 60.7 Å². The van der Waals surface area contributed by atoms with Crippen molar-refractivity contribution in [3.63, 3.8) is 0 Å². The summed E-state index contributed by atoms with van der Waals surface area (Å²) in [6, 6.07) is 17.7. The number of hydrogen-bond donors (Lipinski definition) is 0. The van der Waals surface area contributed by atoms with Gasteiger partial charge in [0.1, 0.15) is 12.4 Å². The molecule has 3 heterocycles. The van der Waals surface area contributed by atoms with Gasteiger partial charge in [0.15, 0.2) is 5.82 Å². The number of benzene rings is 2. The number of hydrogen-bond acceptors (Lipinski definition) is 6. The Hall–Kier alpha value is -3.85. The van der Waals surface area contributed by atoms with Gasteiger partial charge in [-0.05, 0) is 56.5 Å². The number of carbonyl (C=O) groups excluding carboxylic acids is 2. The Labute approximate surface area is 228 Å². The Morgan fingerprint density at radius 3 is 2.56 bits per heavy atom. The van der Waals surface area contributed by atoms with Gasteiger partial charge in [0.2, 0.25) is 5.91 Å². The van der Waals surface area contributed by atoms with Crippen LogP contribution in [0.1, 0.15) is 35.2 Å². The van der Waals surface area contributed by atoms with Crippen LogP contribution in [0.3, 0.4) is 0 Å². The van der Waals surface area contributed by atoms with Crippen LogP contribution < -0.4 is 4.90 Å². The van der Waals surface area contributed by atoms with Crippen molar-refractivity contribution in [2.75, 3.05) is 50.8 Å². The molecule has 0 aliphatic carbocycles. The first-order valence-corrected chi connectivity index (χ1v) is 13.6. The Morgan fingerprint density at radius 1 is 1.00 bits per heavy atom. The average molecular weight is 532 g/mol. The van der Waals surface area contributed by atoms with Gasteiger partial charge in [0.05, 0.1) is 11.8 Å². The second-order valence-corrected chi connectivity index (χ2v) is 10.2. The van der Waals surface area contributed by atoms with Crippen LogP contribution in [0, 0.1) is 12.7 Å². The van der Waals surface area contributed by atoms with E-state index in [2.05, 4.69) is 34.2 Å². The van der Waals surface area contributed by atoms with Gasteiger partial charge in [-0.15, -0.1) is 10.2 Å². The molecule has 0 N–H and O–H groups in total. The van der Waals surface area contributed by atoms with Gasteiger partial charge >= 0.3 is 0 Å². The molecule has 2 saturated heterocycles. The van der Waals surface area contributed by atoms with E-state index in [1.807, 2.05) is 24.3 Å². The molecular weight excluding hydrogens is 497 g/mol. The van der Waals surface area contributed by atoms with Gasteiger partial charge in [-0.1, -0.05) is 35.9 Å². The summed E-state index contributed by atoms with van der Waals surface area (Å²) in [5.74, 6) is -0.188. The Balaban J connectivity index is 1.22. The average Bonchev–Trinajstić information content (AvgIpc) is 3.34. The summed E-state index contributed by atoms with van der Waals surface area (Å²) in [7, 11) is 0. The Kier molecular flexibility index (Phi) is 8.46. The number of amides is 2. The number of aryl methyl sites for hydroxylation is 1. The van der Waals surface area contributed by atoms with E-state index in [9.17, 15) is 14.0 Å². The summed E-state index contributed by atoms with van der Waals surface area (Å²) in [6.45, 7) is 5.42. The van der Waals surface area contributed by atoms with Crippen molar-refractivity contribution in [3.8, 4) is 11.3 Å². The summed E-state index contributed by atoms with van der Waals surface area (Å²) in [6.07, 6.45) is 2.42. The number of anilines is 1. The molecule has 2 aliphatic heterocycles. The molecule has 1 atom stereocenters. The second-order valence-electron chi connectivity index (χ2n) is 10.2. The molecule has 2 aliphatic rings. The number of halogens is 1. The quantitative estimate of drug-likeness (QED) is 0.460. The van der Waals surface area contributed by atoms with Crippen molar-refractivity contribution in [3.05, 3.63) is 77.6 Å². The molecule has 5 rings (SSSR count). The lowest BCUT2D eigenvalue weighted by Gasteiger charge is -2.28. The molecule has 0 bridgehead atoms. The van der Waals surface area contributed by atoms with Crippen LogP contribution >= 0.6 is 0 Å². The molecule has 3 aromatic rings. The molecule has 204 valence electrons. The van der Waals surface area contributed by atoms with Crippen molar-refractivity contribution >= 4 is 17.6 Å². The molecule has 39 heavy (non-hydrogen) atoms. The summed E-state index contributed by atoms with van der Waals surface area (Å²) < 4.78 is 19.5. The lowest BCUT2D eigenvalue weighted by atomic mass is 10.1. The highest BCUT2D eigenvalue weighted by atomic mass is 19.1. The van der Waals surface area contributed by atoms with Crippen molar-refractivity contribution in [1.82, 2.24) is 20.0 Å². The van der Waals surface area contributed by atoms with E-state index < -0.39 is 5.82 Å². The van der Waals surface area contributed by atoms with Gasteiger partial charge < -0.3 is 19.4 Å². The molecule has 0 radical (unpaired) electrons. The molecule has 2 aromatic carbocycles. The van der Waals surface area contributed by atoms with E-state index in [-0.39, 0.29) is 30.0 Å². The minimum absolute atomic E-state index is 0.0692. The maximum absolute atomic E-state index is 13.8. The number of nitrogens with zero attached hydrogens (tertiary/aromatic N) is 5. The Morgan fingerprint density at radius 2 is 1.85 bits per heavy atom. The van der Waals surface area contributed by atoms with E-state index in [1.54, 1.807) is 11.0 Å². The monoisotopic (exact) mass is 531 g/mol. The predicted molar refractivity (Wildman–Crippen MR) is 147 cm³/mol. The number of aromatic nitrogens is 2. The van der Waals surface area contributed by atoms with Gasteiger partial charge in [-0.3, -0.25) is 9.59 Å². The molecule has 1 aromatic heterocycles. The van der Waals surface area contributed by atoms with Crippen LogP contribution in [0.2, 0.25) is 0 Å². The van der Waals surface area contributed by atoms with Crippen LogP contribution in [-0.2, 0) is 9.53 Å². The summed E-state index contributed by atoms with van der Waals surface area (Å²) >= 11 is 0. The molecular formula is C30H34FN5O3. The fourth-order valence-electron chi connectivity index (χ4n) is 5.09. The molecule has 9 heteroatoms. The first-order valence-electron chi connectivity index (χ1n) is 13.6. The third-order valence-electron chi connectivity index (χ3n) is 7.30. The van der Waals surface area contributed by atoms with Gasteiger partial charge in [-0.2, -0.15) is 0 Å². The number of carbonyl (C=O) groups is 2. The smallest absolute Gasteiger partial charge is 0.254 e. The van der Waals surface area contributed by atoms with Crippen LogP contribution in [-0.4, -0.2) is 83.8 Å². The molecule has 8 nitrogen and oxygen atoms in total. The first-order chi connectivity index (χ1) is 19.0. The molecule has 0 spiro atoms. The molecule has 2 fully saturated rings. The van der Waals surface area contributed by atoms with Gasteiger partial charge in [0.25, 0.3) is 5.91 Å². The maximum Gasteiger partial charge on any atom is 0.254 e. The zero-order valence-corrected chi connectivity index (χ0v) is 22.3. The predicted octanol–water partition coefficient (Wildman–Crippen LogP) is 3.95. The number of rotatable bonds is 7. The number of ether oxygens (including phenoxy) is 1. The van der Waals surface area contributed by atoms with Crippen LogP contribution in [0.25, 0.3) is 11.3 Å². The summed E-state index contributed by atoms with van der Waals surface area (Å²) in [5, 5.41) is 8.88. The minimum atomic E-state index is -0.480. The van der Waals surface area contributed by atoms with E-state index in [1.165, 1.54) is 28.7 Å². The minimum Gasteiger partial charge on any atom is -0.376 e. The fourth-order valence-corrected chi connectivity index (χ4v) is 5.09. The largest absolute Gasteiger partial charge is 0.376 e. The van der Waals surface area contributed by atoms with Crippen molar-refractivity contribution in [2.24, 2.45) is 0 Å². The molecule has 2 amide bonds. The fraction of sp³-hybridized carbons (Fsp3) is 0.400. The zero-order chi connectivity index (χ0) is 27.2. The van der Waals surface area contributed by atoms with E-state index in [4.69, 9.17) is 4.74 Å². The van der Waals surface area contributed by atoms with Crippen molar-refractivity contribution in [1.29, 1.82) is 0 Å².